The highest BCUT2D eigenvalue weighted by atomic mass is 35.5. The van der Waals surface area contributed by atoms with Crippen molar-refractivity contribution in [3.05, 3.63) is 0 Å². The molecule has 0 aromatic carbocycles. The van der Waals surface area contributed by atoms with Crippen molar-refractivity contribution in [2.45, 2.75) is 0 Å². The molecule has 0 aliphatic heterocycles. The molecular weight excluding hydrogens is 214 g/mol. The van der Waals surface area contributed by atoms with Crippen LogP contribution in [0.25, 0.3) is 0 Å². The van der Waals surface area contributed by atoms with Gasteiger partial charge >= 0.3 is 0 Å². The maximum absolute atomic E-state index is 5.07. The Kier molecular flexibility index (Phi) is 4.20. The van der Waals surface area contributed by atoms with Crippen LogP contribution >= 0.6 is 59.3 Å². The van der Waals surface area contributed by atoms with Gasteiger partial charge in [0.25, 0.3) is 0 Å². The normalized spacial score (nSPS) is 8.50. The van der Waals surface area contributed by atoms with Gasteiger partial charge in [-0.1, -0.05) is 0 Å². The van der Waals surface area contributed by atoms with E-state index in [2.05, 4.69) is 12.2 Å². The molecule has 0 aromatic heterocycles. The molecule has 0 amide bonds. The van der Waals surface area contributed by atoms with Crippen LogP contribution in [0.3, 0.4) is 0 Å². The van der Waals surface area contributed by atoms with E-state index in [1.165, 1.54) is 0 Å². The summed E-state index contributed by atoms with van der Waals surface area (Å²) >= 11 is 24.7. The molecule has 48 valence electrons. The number of rotatable bonds is 0. The second-order valence-corrected chi connectivity index (χ2v) is 2.81. The highest BCUT2D eigenvalue weighted by molar-refractivity contribution is 7.80. The fourth-order valence-corrected chi connectivity index (χ4v) is 0.514. The predicted octanol–water partition coefficient (Wildman–Crippen LogP) is 2.49. The van der Waals surface area contributed by atoms with Gasteiger partial charge in [-0.05, 0) is 12.2 Å². The van der Waals surface area contributed by atoms with Crippen LogP contribution in [-0.4, -0.2) is 13.0 Å². The van der Waals surface area contributed by atoms with Gasteiger partial charge in [-0.3, -0.25) is 0 Å². The van der Waals surface area contributed by atoms with Crippen molar-refractivity contribution in [1.29, 1.82) is 0 Å². The fourth-order valence-electron chi connectivity index (χ4n) is 0.0571. The Bertz CT molecular complexity index is 82.0. The zero-order valence-electron chi connectivity index (χ0n) is 3.31. The van der Waals surface area contributed by atoms with Crippen molar-refractivity contribution in [1.82, 2.24) is 7.88 Å². The van der Waals surface area contributed by atoms with Crippen LogP contribution in [0.1, 0.15) is 0 Å². The minimum Gasteiger partial charge on any atom is -0.164 e. The SMILES string of the molecule is S=C(N(Cl)Cl)N(Cl)Cl. The van der Waals surface area contributed by atoms with E-state index >= 15 is 0 Å². The molecule has 0 N–H and O–H groups in total. The molecular formula is CCl4N2S. The lowest BCUT2D eigenvalue weighted by atomic mass is 11.2. The van der Waals surface area contributed by atoms with E-state index in [0.29, 0.717) is 7.88 Å². The lowest BCUT2D eigenvalue weighted by Crippen LogP contribution is -2.18. The molecule has 0 atom stereocenters. The molecule has 0 unspecified atom stereocenters. The zero-order chi connectivity index (χ0) is 6.73. The van der Waals surface area contributed by atoms with Crippen LogP contribution < -0.4 is 0 Å². The highest BCUT2D eigenvalue weighted by Crippen LogP contribution is 2.10. The van der Waals surface area contributed by atoms with E-state index in [-0.39, 0.29) is 5.11 Å². The first-order valence-corrected chi connectivity index (χ1v) is 3.09. The van der Waals surface area contributed by atoms with E-state index in [9.17, 15) is 0 Å². The third-order valence-corrected chi connectivity index (χ3v) is 1.70. The molecule has 0 aromatic rings. The monoisotopic (exact) mass is 212 g/mol. The Labute approximate surface area is 72.3 Å². The average Bonchev–Trinajstić information content (AvgIpc) is 1.64. The van der Waals surface area contributed by atoms with Crippen molar-refractivity contribution in [3.8, 4) is 0 Å². The molecule has 0 heterocycles. The summed E-state index contributed by atoms with van der Waals surface area (Å²) in [5, 5.41) is -0.0864. The predicted molar refractivity (Wildman–Crippen MR) is 39.7 cm³/mol. The second kappa shape index (κ2) is 3.80. The minimum atomic E-state index is -0.0864. The largest absolute Gasteiger partial charge is 0.232 e. The molecule has 0 saturated heterocycles. The number of nitrogens with zero attached hydrogens (tertiary/aromatic N) is 2. The third kappa shape index (κ3) is 2.99. The first-order chi connectivity index (χ1) is 3.55. The van der Waals surface area contributed by atoms with E-state index in [4.69, 9.17) is 47.1 Å². The quantitative estimate of drug-likeness (QED) is 0.451. The molecule has 2 nitrogen and oxygen atoms in total. The second-order valence-electron chi connectivity index (χ2n) is 0.748. The van der Waals surface area contributed by atoms with Crippen LogP contribution in [0, 0.1) is 0 Å². The van der Waals surface area contributed by atoms with Gasteiger partial charge in [-0.25, -0.2) is 0 Å². The topological polar surface area (TPSA) is 6.48 Å². The maximum Gasteiger partial charge on any atom is 0.232 e. The van der Waals surface area contributed by atoms with Crippen LogP contribution in [-0.2, 0) is 0 Å². The zero-order valence-corrected chi connectivity index (χ0v) is 7.15. The Morgan fingerprint density at radius 2 is 1.25 bits per heavy atom. The smallest absolute Gasteiger partial charge is 0.164 e. The molecule has 8 heavy (non-hydrogen) atoms. The van der Waals surface area contributed by atoms with Crippen molar-refractivity contribution in [2.24, 2.45) is 0 Å². The van der Waals surface area contributed by atoms with Gasteiger partial charge in [0.2, 0.25) is 5.11 Å². The molecule has 0 rings (SSSR count). The molecule has 7 heteroatoms. The first kappa shape index (κ1) is 8.85. The Hall–Kier alpha value is 0.850. The summed E-state index contributed by atoms with van der Waals surface area (Å²) < 4.78 is 1.16. The third-order valence-electron chi connectivity index (χ3n) is 0.289. The lowest BCUT2D eigenvalue weighted by Gasteiger charge is -2.08. The van der Waals surface area contributed by atoms with Crippen LogP contribution in [0.15, 0.2) is 0 Å². The van der Waals surface area contributed by atoms with E-state index in [1.54, 1.807) is 0 Å². The first-order valence-electron chi connectivity index (χ1n) is 1.33. The summed E-state index contributed by atoms with van der Waals surface area (Å²) in [7, 11) is 0. The van der Waals surface area contributed by atoms with Gasteiger partial charge in [0, 0.05) is 47.1 Å². The molecule has 0 aliphatic carbocycles. The summed E-state index contributed by atoms with van der Waals surface area (Å²) in [5.41, 5.74) is 0. The Balaban J connectivity index is 3.65. The van der Waals surface area contributed by atoms with E-state index < -0.39 is 0 Å². The molecule has 0 spiro atoms. The Morgan fingerprint density at radius 1 is 1.00 bits per heavy atom. The van der Waals surface area contributed by atoms with Gasteiger partial charge in [-0.15, -0.1) is 0 Å². The maximum atomic E-state index is 5.07. The number of hydrogen-bond acceptors (Lipinski definition) is 1. The van der Waals surface area contributed by atoms with E-state index in [0.717, 1.165) is 0 Å². The van der Waals surface area contributed by atoms with Crippen molar-refractivity contribution in [3.63, 3.8) is 0 Å². The van der Waals surface area contributed by atoms with Gasteiger partial charge in [0.1, 0.15) is 0 Å². The summed E-state index contributed by atoms with van der Waals surface area (Å²) in [4.78, 5) is 0. The number of thiocarbonyl (C=S) groups is 1. The molecule has 0 radical (unpaired) electrons. The van der Waals surface area contributed by atoms with Crippen LogP contribution in [0.4, 0.5) is 0 Å². The average molecular weight is 214 g/mol. The van der Waals surface area contributed by atoms with Gasteiger partial charge in [0.15, 0.2) is 0 Å². The van der Waals surface area contributed by atoms with Crippen molar-refractivity contribution < 1.29 is 0 Å². The summed E-state index contributed by atoms with van der Waals surface area (Å²) in [5.74, 6) is 0. The standard InChI is InChI=1S/CCl4N2S/c2-6(3)1(8)7(4)5. The molecule has 0 fully saturated rings. The van der Waals surface area contributed by atoms with E-state index in [1.807, 2.05) is 0 Å². The van der Waals surface area contributed by atoms with Gasteiger partial charge in [0.05, 0.1) is 0 Å². The molecule has 0 saturated carbocycles. The Morgan fingerprint density at radius 3 is 1.25 bits per heavy atom. The summed E-state index contributed by atoms with van der Waals surface area (Å²) in [6, 6.07) is 0. The van der Waals surface area contributed by atoms with Crippen molar-refractivity contribution >= 4 is 64.4 Å². The van der Waals surface area contributed by atoms with Gasteiger partial charge < -0.3 is 0 Å². The molecule has 0 bridgehead atoms. The van der Waals surface area contributed by atoms with Crippen LogP contribution in [0.5, 0.6) is 0 Å². The van der Waals surface area contributed by atoms with Crippen LogP contribution in [0.2, 0.25) is 0 Å². The highest BCUT2D eigenvalue weighted by Gasteiger charge is 2.07. The molecule has 0 aliphatic rings. The van der Waals surface area contributed by atoms with Gasteiger partial charge in [-0.2, -0.15) is 7.88 Å². The number of hydrogen-bond donors (Lipinski definition) is 0. The lowest BCUT2D eigenvalue weighted by molar-refractivity contribution is 0.933. The summed E-state index contributed by atoms with van der Waals surface area (Å²) in [6.45, 7) is 0. The fraction of sp³-hybridized carbons (Fsp3) is 0. The van der Waals surface area contributed by atoms with Crippen molar-refractivity contribution in [2.75, 3.05) is 0 Å². The number of halogens is 4. The summed E-state index contributed by atoms with van der Waals surface area (Å²) in [6.07, 6.45) is 0. The minimum absolute atomic E-state index is 0.0864.